The van der Waals surface area contributed by atoms with Crippen molar-refractivity contribution in [3.63, 3.8) is 0 Å². The van der Waals surface area contributed by atoms with Crippen LogP contribution in [0.2, 0.25) is 5.02 Å². The minimum Gasteiger partial charge on any atom is -0.496 e. The lowest BCUT2D eigenvalue weighted by Crippen LogP contribution is -1.90. The summed E-state index contributed by atoms with van der Waals surface area (Å²) in [5.74, 6) is 0.701. The first-order valence-electron chi connectivity index (χ1n) is 4.94. The number of pyridine rings is 1. The van der Waals surface area contributed by atoms with Crippen molar-refractivity contribution >= 4 is 11.6 Å². The van der Waals surface area contributed by atoms with Gasteiger partial charge in [0.2, 0.25) is 0 Å². The van der Waals surface area contributed by atoms with Crippen LogP contribution in [0.25, 0.3) is 11.1 Å². The van der Waals surface area contributed by atoms with Crippen LogP contribution >= 0.6 is 11.6 Å². The Hall–Kier alpha value is -2.05. The molecule has 0 unspecified atom stereocenters. The number of rotatable bonds is 2. The molecule has 0 fully saturated rings. The number of aromatic nitrogens is 1. The van der Waals surface area contributed by atoms with Crippen molar-refractivity contribution in [3.8, 4) is 22.9 Å². The van der Waals surface area contributed by atoms with E-state index < -0.39 is 0 Å². The highest BCUT2D eigenvalue weighted by Gasteiger charge is 2.09. The molecule has 0 aliphatic heterocycles. The molecule has 84 valence electrons. The minimum absolute atomic E-state index is 0.510. The normalized spacial score (nSPS) is 9.71. The van der Waals surface area contributed by atoms with Crippen LogP contribution in [0.3, 0.4) is 0 Å². The van der Waals surface area contributed by atoms with E-state index in [2.05, 4.69) is 4.98 Å². The first-order chi connectivity index (χ1) is 8.26. The van der Waals surface area contributed by atoms with Crippen molar-refractivity contribution in [1.29, 1.82) is 5.26 Å². The number of nitriles is 1. The summed E-state index contributed by atoms with van der Waals surface area (Å²) in [5.41, 5.74) is 2.14. The molecule has 0 amide bonds. The maximum atomic E-state index is 8.78. The third-order valence-electron chi connectivity index (χ3n) is 2.39. The van der Waals surface area contributed by atoms with Gasteiger partial charge >= 0.3 is 0 Å². The Morgan fingerprint density at radius 2 is 2.12 bits per heavy atom. The molecule has 0 radical (unpaired) electrons. The molecule has 2 rings (SSSR count). The van der Waals surface area contributed by atoms with Gasteiger partial charge in [-0.1, -0.05) is 17.7 Å². The minimum atomic E-state index is 0.510. The van der Waals surface area contributed by atoms with Gasteiger partial charge in [-0.15, -0.1) is 0 Å². The van der Waals surface area contributed by atoms with Crippen LogP contribution in [0.1, 0.15) is 5.56 Å². The number of benzene rings is 1. The van der Waals surface area contributed by atoms with Gasteiger partial charge in [0.05, 0.1) is 18.7 Å². The molecule has 0 atom stereocenters. The molecule has 0 saturated carbocycles. The fourth-order valence-corrected chi connectivity index (χ4v) is 1.85. The Balaban J connectivity index is 2.57. The Morgan fingerprint density at radius 1 is 1.29 bits per heavy atom. The molecule has 0 saturated heterocycles. The zero-order chi connectivity index (χ0) is 12.3. The van der Waals surface area contributed by atoms with E-state index in [0.29, 0.717) is 16.3 Å². The predicted octanol–water partition coefficient (Wildman–Crippen LogP) is 3.28. The molecule has 3 nitrogen and oxygen atoms in total. The van der Waals surface area contributed by atoms with Crippen LogP contribution in [0, 0.1) is 11.3 Å². The molecule has 17 heavy (non-hydrogen) atoms. The second-order valence-electron chi connectivity index (χ2n) is 3.38. The molecule has 0 aliphatic rings. The van der Waals surface area contributed by atoms with E-state index in [1.807, 2.05) is 6.07 Å². The summed E-state index contributed by atoms with van der Waals surface area (Å²) in [7, 11) is 1.59. The van der Waals surface area contributed by atoms with Crippen LogP contribution in [-0.2, 0) is 0 Å². The lowest BCUT2D eigenvalue weighted by Gasteiger charge is -2.09. The van der Waals surface area contributed by atoms with Crippen LogP contribution in [0.5, 0.6) is 5.75 Å². The van der Waals surface area contributed by atoms with Gasteiger partial charge in [-0.25, -0.2) is 0 Å². The SMILES string of the molecule is COc1ccncc1-c1ccc(C#N)cc1Cl. The lowest BCUT2D eigenvalue weighted by atomic mass is 10.1. The smallest absolute Gasteiger partial charge is 0.129 e. The summed E-state index contributed by atoms with van der Waals surface area (Å²) < 4.78 is 5.25. The topological polar surface area (TPSA) is 45.9 Å². The van der Waals surface area contributed by atoms with Gasteiger partial charge in [0, 0.05) is 28.5 Å². The van der Waals surface area contributed by atoms with Crippen LogP contribution < -0.4 is 4.74 Å². The van der Waals surface area contributed by atoms with Crippen molar-refractivity contribution in [2.75, 3.05) is 7.11 Å². The monoisotopic (exact) mass is 244 g/mol. The molecule has 2 aromatic rings. The third kappa shape index (κ3) is 2.22. The van der Waals surface area contributed by atoms with Gasteiger partial charge in [0.1, 0.15) is 5.75 Å². The van der Waals surface area contributed by atoms with Crippen molar-refractivity contribution in [2.45, 2.75) is 0 Å². The predicted molar refractivity (Wildman–Crippen MR) is 66.0 cm³/mol. The Bertz CT molecular complexity index is 590. The zero-order valence-electron chi connectivity index (χ0n) is 9.14. The van der Waals surface area contributed by atoms with E-state index in [4.69, 9.17) is 21.6 Å². The second-order valence-corrected chi connectivity index (χ2v) is 3.79. The van der Waals surface area contributed by atoms with E-state index in [0.717, 1.165) is 11.1 Å². The highest BCUT2D eigenvalue weighted by molar-refractivity contribution is 6.33. The van der Waals surface area contributed by atoms with Crippen molar-refractivity contribution in [1.82, 2.24) is 4.98 Å². The van der Waals surface area contributed by atoms with E-state index in [1.54, 1.807) is 43.8 Å². The molecule has 0 bridgehead atoms. The lowest BCUT2D eigenvalue weighted by molar-refractivity contribution is 0.416. The van der Waals surface area contributed by atoms with Crippen molar-refractivity contribution in [2.24, 2.45) is 0 Å². The highest BCUT2D eigenvalue weighted by atomic mass is 35.5. The Morgan fingerprint density at radius 3 is 2.76 bits per heavy atom. The molecule has 0 N–H and O–H groups in total. The van der Waals surface area contributed by atoms with E-state index >= 15 is 0 Å². The zero-order valence-corrected chi connectivity index (χ0v) is 9.90. The van der Waals surface area contributed by atoms with Crippen LogP contribution in [-0.4, -0.2) is 12.1 Å². The quantitative estimate of drug-likeness (QED) is 0.814. The maximum absolute atomic E-state index is 8.78. The summed E-state index contributed by atoms with van der Waals surface area (Å²) >= 11 is 6.14. The Kier molecular flexibility index (Phi) is 3.27. The summed E-state index contributed by atoms with van der Waals surface area (Å²) in [6.07, 6.45) is 3.34. The molecule has 1 aromatic heterocycles. The van der Waals surface area contributed by atoms with E-state index in [1.165, 1.54) is 0 Å². The van der Waals surface area contributed by atoms with Crippen molar-refractivity contribution < 1.29 is 4.74 Å². The van der Waals surface area contributed by atoms with Gasteiger partial charge in [0.25, 0.3) is 0 Å². The molecule has 1 heterocycles. The van der Waals surface area contributed by atoms with Crippen molar-refractivity contribution in [3.05, 3.63) is 47.2 Å². The van der Waals surface area contributed by atoms with Crippen LogP contribution in [0.15, 0.2) is 36.7 Å². The fraction of sp³-hybridized carbons (Fsp3) is 0.0769. The van der Waals surface area contributed by atoms with Gasteiger partial charge in [-0.2, -0.15) is 5.26 Å². The van der Waals surface area contributed by atoms with E-state index in [-0.39, 0.29) is 0 Å². The number of nitrogens with zero attached hydrogens (tertiary/aromatic N) is 2. The first-order valence-corrected chi connectivity index (χ1v) is 5.32. The highest BCUT2D eigenvalue weighted by Crippen LogP contribution is 2.34. The average Bonchev–Trinajstić information content (AvgIpc) is 2.38. The van der Waals surface area contributed by atoms with Gasteiger partial charge in [-0.3, -0.25) is 4.98 Å². The fourth-order valence-electron chi connectivity index (χ4n) is 1.57. The summed E-state index contributed by atoms with van der Waals surface area (Å²) in [6, 6.07) is 8.95. The standard InChI is InChI=1S/C13H9ClN2O/c1-17-13-4-5-16-8-11(13)10-3-2-9(7-15)6-12(10)14/h2-6,8H,1H3. The number of methoxy groups -OCH3 is 1. The number of hydrogen-bond acceptors (Lipinski definition) is 3. The maximum Gasteiger partial charge on any atom is 0.129 e. The van der Waals surface area contributed by atoms with Gasteiger partial charge in [0.15, 0.2) is 0 Å². The summed E-state index contributed by atoms with van der Waals surface area (Å²) in [6.45, 7) is 0. The van der Waals surface area contributed by atoms with E-state index in [9.17, 15) is 0 Å². The van der Waals surface area contributed by atoms with Gasteiger partial charge < -0.3 is 4.74 Å². The number of hydrogen-bond donors (Lipinski definition) is 0. The van der Waals surface area contributed by atoms with Crippen LogP contribution in [0.4, 0.5) is 0 Å². The Labute approximate surface area is 104 Å². The summed E-state index contributed by atoms with van der Waals surface area (Å²) in [5, 5.41) is 9.29. The first kappa shape index (κ1) is 11.4. The largest absolute Gasteiger partial charge is 0.496 e. The third-order valence-corrected chi connectivity index (χ3v) is 2.70. The molecular weight excluding hydrogens is 236 g/mol. The van der Waals surface area contributed by atoms with Gasteiger partial charge in [-0.05, 0) is 18.2 Å². The molecule has 4 heteroatoms. The molecule has 0 spiro atoms. The number of ether oxygens (including phenoxy) is 1. The number of halogens is 1. The summed E-state index contributed by atoms with van der Waals surface area (Å²) in [4.78, 5) is 4.05. The molecular formula is C13H9ClN2O. The molecule has 0 aliphatic carbocycles. The second kappa shape index (κ2) is 4.86. The molecule has 1 aromatic carbocycles. The average molecular weight is 245 g/mol.